The minimum Gasteiger partial charge on any atom is -0.495 e. The zero-order valence-corrected chi connectivity index (χ0v) is 15.6. The van der Waals surface area contributed by atoms with E-state index in [-0.39, 0.29) is 11.9 Å². The Balaban J connectivity index is 1.81. The average molecular weight is 371 g/mol. The van der Waals surface area contributed by atoms with E-state index < -0.39 is 0 Å². The molecule has 1 aromatic carbocycles. The number of para-hydroxylation sites is 2. The van der Waals surface area contributed by atoms with Crippen molar-refractivity contribution >= 4 is 29.0 Å². The molecule has 144 valence electrons. The summed E-state index contributed by atoms with van der Waals surface area (Å²) in [7, 11) is 1.61. The predicted octanol–water partition coefficient (Wildman–Crippen LogP) is 2.59. The van der Waals surface area contributed by atoms with E-state index in [4.69, 9.17) is 15.2 Å². The number of aromatic nitrogens is 2. The van der Waals surface area contributed by atoms with Crippen molar-refractivity contribution in [1.29, 1.82) is 0 Å². The van der Waals surface area contributed by atoms with E-state index in [9.17, 15) is 4.79 Å². The monoisotopic (exact) mass is 371 g/mol. The molecule has 3 rings (SSSR count). The summed E-state index contributed by atoms with van der Waals surface area (Å²) in [6, 6.07) is 7.53. The third kappa shape index (κ3) is 4.21. The highest BCUT2D eigenvalue weighted by molar-refractivity contribution is 5.80. The lowest BCUT2D eigenvalue weighted by Crippen LogP contribution is -2.40. The van der Waals surface area contributed by atoms with Crippen molar-refractivity contribution in [2.45, 2.75) is 19.8 Å². The van der Waals surface area contributed by atoms with Crippen LogP contribution in [0.25, 0.3) is 0 Å². The Labute approximate surface area is 158 Å². The summed E-state index contributed by atoms with van der Waals surface area (Å²) >= 11 is 0. The minimum absolute atomic E-state index is 0.165. The maximum absolute atomic E-state index is 12.1. The molecule has 1 atom stereocenters. The van der Waals surface area contributed by atoms with Crippen molar-refractivity contribution in [1.82, 2.24) is 9.97 Å². The Morgan fingerprint density at radius 3 is 2.96 bits per heavy atom. The smallest absolute Gasteiger partial charge is 0.310 e. The molecular formula is C19H25N5O3. The molecule has 0 aliphatic carbocycles. The number of benzene rings is 1. The van der Waals surface area contributed by atoms with Gasteiger partial charge in [-0.3, -0.25) is 4.79 Å². The maximum atomic E-state index is 12.1. The molecule has 1 unspecified atom stereocenters. The summed E-state index contributed by atoms with van der Waals surface area (Å²) in [4.78, 5) is 22.7. The molecular weight excluding hydrogens is 346 g/mol. The highest BCUT2D eigenvalue weighted by Crippen LogP contribution is 2.33. The maximum Gasteiger partial charge on any atom is 0.310 e. The summed E-state index contributed by atoms with van der Waals surface area (Å²) < 4.78 is 10.5. The van der Waals surface area contributed by atoms with E-state index in [2.05, 4.69) is 15.3 Å². The van der Waals surface area contributed by atoms with Crippen LogP contribution in [0.4, 0.5) is 23.0 Å². The second-order valence-electron chi connectivity index (χ2n) is 6.32. The number of rotatable bonds is 6. The number of piperidine rings is 1. The van der Waals surface area contributed by atoms with Crippen molar-refractivity contribution in [3.63, 3.8) is 0 Å². The van der Waals surface area contributed by atoms with E-state index in [0.717, 1.165) is 25.1 Å². The van der Waals surface area contributed by atoms with Gasteiger partial charge in [0.15, 0.2) is 11.6 Å². The van der Waals surface area contributed by atoms with E-state index >= 15 is 0 Å². The largest absolute Gasteiger partial charge is 0.495 e. The topological polar surface area (TPSA) is 103 Å². The number of nitrogens with one attached hydrogen (secondary N) is 1. The summed E-state index contributed by atoms with van der Waals surface area (Å²) in [5.41, 5.74) is 7.55. The second-order valence-corrected chi connectivity index (χ2v) is 6.32. The number of anilines is 4. The van der Waals surface area contributed by atoms with Crippen LogP contribution in [0.2, 0.25) is 0 Å². The van der Waals surface area contributed by atoms with Crippen LogP contribution < -0.4 is 20.7 Å². The van der Waals surface area contributed by atoms with Crippen LogP contribution in [0, 0.1) is 5.92 Å². The lowest BCUT2D eigenvalue weighted by molar-refractivity contribution is -0.148. The van der Waals surface area contributed by atoms with Crippen LogP contribution in [0.3, 0.4) is 0 Å². The zero-order chi connectivity index (χ0) is 19.2. The van der Waals surface area contributed by atoms with Gasteiger partial charge in [0.1, 0.15) is 17.8 Å². The molecule has 1 fully saturated rings. The first-order valence-electron chi connectivity index (χ1n) is 9.06. The molecule has 0 saturated carbocycles. The molecule has 2 aromatic rings. The van der Waals surface area contributed by atoms with Gasteiger partial charge in [-0.05, 0) is 31.9 Å². The van der Waals surface area contributed by atoms with Crippen LogP contribution in [0.5, 0.6) is 5.75 Å². The second kappa shape index (κ2) is 8.57. The Hall–Kier alpha value is -3.03. The highest BCUT2D eigenvalue weighted by atomic mass is 16.5. The van der Waals surface area contributed by atoms with Gasteiger partial charge >= 0.3 is 5.97 Å². The Morgan fingerprint density at radius 1 is 1.37 bits per heavy atom. The zero-order valence-electron chi connectivity index (χ0n) is 15.6. The number of esters is 1. The molecule has 1 saturated heterocycles. The van der Waals surface area contributed by atoms with Gasteiger partial charge in [-0.15, -0.1) is 0 Å². The lowest BCUT2D eigenvalue weighted by atomic mass is 9.98. The Bertz CT molecular complexity index is 799. The Kier molecular flexibility index (Phi) is 5.95. The molecule has 3 N–H and O–H groups in total. The minimum atomic E-state index is -0.168. The summed E-state index contributed by atoms with van der Waals surface area (Å²) in [6.07, 6.45) is 3.16. The van der Waals surface area contributed by atoms with Crippen molar-refractivity contribution in [2.75, 3.05) is 42.8 Å². The molecule has 1 aliphatic rings. The first kappa shape index (κ1) is 18.8. The van der Waals surface area contributed by atoms with Crippen molar-refractivity contribution in [3.8, 4) is 5.75 Å². The molecule has 0 amide bonds. The van der Waals surface area contributed by atoms with E-state index in [1.165, 1.54) is 6.33 Å². The predicted molar refractivity (Wildman–Crippen MR) is 104 cm³/mol. The molecule has 0 radical (unpaired) electrons. The average Bonchev–Trinajstić information content (AvgIpc) is 2.70. The summed E-state index contributed by atoms with van der Waals surface area (Å²) in [6.45, 7) is 3.52. The fourth-order valence-corrected chi connectivity index (χ4v) is 3.24. The first-order valence-corrected chi connectivity index (χ1v) is 9.06. The first-order chi connectivity index (χ1) is 13.1. The number of methoxy groups -OCH3 is 1. The van der Waals surface area contributed by atoms with Crippen molar-refractivity contribution < 1.29 is 14.3 Å². The quantitative estimate of drug-likeness (QED) is 0.747. The number of hydrogen-bond donors (Lipinski definition) is 2. The Morgan fingerprint density at radius 2 is 2.19 bits per heavy atom. The van der Waals surface area contributed by atoms with Crippen LogP contribution in [-0.4, -0.2) is 42.7 Å². The van der Waals surface area contributed by atoms with Crippen molar-refractivity contribution in [2.24, 2.45) is 5.92 Å². The molecule has 1 aromatic heterocycles. The van der Waals surface area contributed by atoms with Gasteiger partial charge in [-0.1, -0.05) is 12.1 Å². The van der Waals surface area contributed by atoms with Gasteiger partial charge in [0.05, 0.1) is 25.3 Å². The molecule has 0 bridgehead atoms. The fourth-order valence-electron chi connectivity index (χ4n) is 3.24. The lowest BCUT2D eigenvalue weighted by Gasteiger charge is -2.33. The van der Waals surface area contributed by atoms with Crippen LogP contribution in [0.15, 0.2) is 30.6 Å². The van der Waals surface area contributed by atoms with Crippen LogP contribution in [-0.2, 0) is 9.53 Å². The number of ether oxygens (including phenoxy) is 2. The molecule has 1 aliphatic heterocycles. The van der Waals surface area contributed by atoms with Crippen LogP contribution in [0.1, 0.15) is 19.8 Å². The van der Waals surface area contributed by atoms with Crippen LogP contribution >= 0.6 is 0 Å². The number of nitrogen functional groups attached to an aromatic ring is 1. The fraction of sp³-hybridized carbons (Fsp3) is 0.421. The number of nitrogens with zero attached hydrogens (tertiary/aromatic N) is 3. The highest BCUT2D eigenvalue weighted by Gasteiger charge is 2.29. The van der Waals surface area contributed by atoms with E-state index in [1.807, 2.05) is 36.1 Å². The number of carbonyl (C=O) groups excluding carboxylic acids is 1. The molecule has 27 heavy (non-hydrogen) atoms. The van der Waals surface area contributed by atoms with E-state index in [0.29, 0.717) is 36.2 Å². The van der Waals surface area contributed by atoms with Gasteiger partial charge in [0.25, 0.3) is 0 Å². The normalized spacial score (nSPS) is 16.7. The number of nitrogens with two attached hydrogens (primary N) is 1. The SMILES string of the molecule is CCOC(=O)C1CCCN(c2ncnc(Nc3ccccc3OC)c2N)C1. The van der Waals surface area contributed by atoms with E-state index in [1.54, 1.807) is 7.11 Å². The molecule has 8 heteroatoms. The molecule has 8 nitrogen and oxygen atoms in total. The van der Waals surface area contributed by atoms with Gasteiger partial charge < -0.3 is 25.4 Å². The summed E-state index contributed by atoms with van der Waals surface area (Å²) in [5, 5.41) is 3.21. The standard InChI is InChI=1S/C19H25N5O3/c1-3-27-19(25)13-7-6-10-24(11-13)18-16(20)17(21-12-22-18)23-14-8-4-5-9-15(14)26-2/h4-5,8-9,12-13H,3,6-7,10-11,20H2,1-2H3,(H,21,22,23). The third-order valence-corrected chi connectivity index (χ3v) is 4.56. The van der Waals surface area contributed by atoms with Gasteiger partial charge in [-0.25, -0.2) is 9.97 Å². The van der Waals surface area contributed by atoms with Gasteiger partial charge in [-0.2, -0.15) is 0 Å². The number of carbonyl (C=O) groups is 1. The number of hydrogen-bond acceptors (Lipinski definition) is 8. The summed E-state index contributed by atoms with van der Waals surface area (Å²) in [5.74, 6) is 1.48. The van der Waals surface area contributed by atoms with Gasteiger partial charge in [0, 0.05) is 13.1 Å². The van der Waals surface area contributed by atoms with Crippen molar-refractivity contribution in [3.05, 3.63) is 30.6 Å². The molecule has 2 heterocycles. The molecule has 0 spiro atoms. The van der Waals surface area contributed by atoms with Gasteiger partial charge in [0.2, 0.25) is 0 Å². The third-order valence-electron chi connectivity index (χ3n) is 4.56.